The first-order valence-corrected chi connectivity index (χ1v) is 18.6. The van der Waals surface area contributed by atoms with Crippen LogP contribution in [0.3, 0.4) is 0 Å². The average Bonchev–Trinajstić information content (AvgIpc) is 3.37. The van der Waals surface area contributed by atoms with Gasteiger partial charge in [-0.1, -0.05) is 80.4 Å². The molecule has 270 valence electrons. The number of benzene rings is 3. The second kappa shape index (κ2) is 14.6. The zero-order valence-electron chi connectivity index (χ0n) is 30.2. The lowest BCUT2D eigenvalue weighted by molar-refractivity contribution is -0.278. The molecule has 51 heavy (non-hydrogen) atoms. The number of ether oxygens (including phenoxy) is 2. The fraction of sp³-hybridized carbons (Fsp3) is 0.500. The summed E-state index contributed by atoms with van der Waals surface area (Å²) >= 11 is 0. The van der Waals surface area contributed by atoms with Crippen LogP contribution in [0.4, 0.5) is 0 Å². The van der Waals surface area contributed by atoms with E-state index in [1.54, 1.807) is 24.3 Å². The molecule has 1 saturated carbocycles. The minimum atomic E-state index is -0.670. The summed E-state index contributed by atoms with van der Waals surface area (Å²) < 4.78 is 13.6. The van der Waals surface area contributed by atoms with Gasteiger partial charge in [-0.25, -0.2) is 0 Å². The van der Waals surface area contributed by atoms with Gasteiger partial charge in [-0.2, -0.15) is 0 Å². The Morgan fingerprint density at radius 2 is 1.45 bits per heavy atom. The largest absolute Gasteiger partial charge is 0.392 e. The quantitative estimate of drug-likeness (QED) is 0.253. The monoisotopic (exact) mass is 693 g/mol. The lowest BCUT2D eigenvalue weighted by Crippen LogP contribution is -2.61. The van der Waals surface area contributed by atoms with Crippen molar-refractivity contribution >= 4 is 17.7 Å². The summed E-state index contributed by atoms with van der Waals surface area (Å²) in [7, 11) is 0. The Morgan fingerprint density at radius 3 is 2.10 bits per heavy atom. The van der Waals surface area contributed by atoms with Crippen molar-refractivity contribution in [2.45, 2.75) is 115 Å². The number of nitrogens with one attached hydrogen (secondary N) is 1. The number of amides is 3. The number of likely N-dealkylation sites (tertiary alicyclic amines) is 1. The number of hydrogen-bond acceptors (Lipinski definition) is 7. The second-order valence-electron chi connectivity index (χ2n) is 15.9. The van der Waals surface area contributed by atoms with Crippen LogP contribution in [0.25, 0.3) is 0 Å². The minimum absolute atomic E-state index is 0.0235. The first-order chi connectivity index (χ1) is 24.5. The molecule has 0 radical (unpaired) electrons. The van der Waals surface area contributed by atoms with E-state index in [0.717, 1.165) is 41.5 Å². The number of carbonyl (C=O) groups is 3. The number of fused-ring (bicyclic) bond motifs is 2. The highest BCUT2D eigenvalue weighted by Gasteiger charge is 2.46. The Bertz CT molecular complexity index is 1700. The van der Waals surface area contributed by atoms with Crippen LogP contribution in [0.5, 0.6) is 0 Å². The average molecular weight is 694 g/mol. The predicted molar refractivity (Wildman–Crippen MR) is 193 cm³/mol. The molecule has 7 rings (SSSR count). The molecule has 4 aliphatic rings. The van der Waals surface area contributed by atoms with Crippen molar-refractivity contribution in [2.24, 2.45) is 11.8 Å². The van der Waals surface area contributed by atoms with E-state index >= 15 is 0 Å². The number of nitrogens with zero attached hydrogens (tertiary/aromatic N) is 2. The molecule has 1 aliphatic carbocycles. The number of hydrogen-bond donors (Lipinski definition) is 2. The van der Waals surface area contributed by atoms with Gasteiger partial charge in [0, 0.05) is 29.6 Å². The van der Waals surface area contributed by atoms with Crippen LogP contribution in [-0.2, 0) is 27.4 Å². The lowest BCUT2D eigenvalue weighted by atomic mass is 9.75. The Balaban J connectivity index is 1.15. The molecule has 7 atom stereocenters. The zero-order chi connectivity index (χ0) is 35.9. The Kier molecular flexibility index (Phi) is 10.2. The van der Waals surface area contributed by atoms with Gasteiger partial charge in [-0.05, 0) is 81.2 Å². The van der Waals surface area contributed by atoms with Crippen molar-refractivity contribution in [3.63, 3.8) is 0 Å². The molecule has 2 N–H and O–H groups in total. The molecule has 0 aromatic heterocycles. The Morgan fingerprint density at radius 1 is 0.824 bits per heavy atom. The van der Waals surface area contributed by atoms with E-state index in [-0.39, 0.29) is 60.6 Å². The van der Waals surface area contributed by atoms with E-state index in [0.29, 0.717) is 29.6 Å². The van der Waals surface area contributed by atoms with E-state index in [9.17, 15) is 19.5 Å². The third-order valence-corrected chi connectivity index (χ3v) is 11.3. The highest BCUT2D eigenvalue weighted by Crippen LogP contribution is 2.44. The molecule has 2 saturated heterocycles. The lowest BCUT2D eigenvalue weighted by Gasteiger charge is -2.51. The number of aliphatic hydroxyl groups excluding tert-OH is 1. The van der Waals surface area contributed by atoms with Crippen LogP contribution in [0.1, 0.15) is 122 Å². The van der Waals surface area contributed by atoms with Crippen LogP contribution in [0, 0.1) is 11.8 Å². The first-order valence-electron chi connectivity index (χ1n) is 18.6. The fourth-order valence-electron chi connectivity index (χ4n) is 8.61. The molecule has 0 spiro atoms. The maximum Gasteiger partial charge on any atom is 0.261 e. The van der Waals surface area contributed by atoms with Gasteiger partial charge in [0.05, 0.1) is 42.5 Å². The van der Waals surface area contributed by atoms with Crippen molar-refractivity contribution in [1.29, 1.82) is 0 Å². The van der Waals surface area contributed by atoms with E-state index < -0.39 is 6.29 Å². The summed E-state index contributed by atoms with van der Waals surface area (Å²) in [5.74, 6) is 0.0907. The summed E-state index contributed by atoms with van der Waals surface area (Å²) in [5.41, 5.74) is 4.07. The third kappa shape index (κ3) is 7.40. The van der Waals surface area contributed by atoms with Crippen molar-refractivity contribution < 1.29 is 29.0 Å². The van der Waals surface area contributed by atoms with Gasteiger partial charge in [0.1, 0.15) is 0 Å². The number of aliphatic hydroxyl groups is 1. The maximum absolute atomic E-state index is 13.8. The third-order valence-electron chi connectivity index (χ3n) is 11.3. The molecule has 3 amide bonds. The first kappa shape index (κ1) is 35.5. The van der Waals surface area contributed by atoms with Crippen molar-refractivity contribution in [1.82, 2.24) is 15.1 Å². The van der Waals surface area contributed by atoms with Crippen LogP contribution in [-0.4, -0.2) is 62.9 Å². The van der Waals surface area contributed by atoms with E-state index in [1.807, 2.05) is 69.3 Å². The molecule has 3 aromatic rings. The van der Waals surface area contributed by atoms with Gasteiger partial charge in [0.2, 0.25) is 5.91 Å². The summed E-state index contributed by atoms with van der Waals surface area (Å²) in [5, 5.41) is 13.0. The van der Waals surface area contributed by atoms with E-state index in [4.69, 9.17) is 9.47 Å². The normalized spacial score (nSPS) is 28.3. The van der Waals surface area contributed by atoms with E-state index in [2.05, 4.69) is 17.1 Å². The van der Waals surface area contributed by atoms with Crippen molar-refractivity contribution in [3.05, 3.63) is 106 Å². The number of imide groups is 1. The molecule has 9 nitrogen and oxygen atoms in total. The Labute approximate surface area is 301 Å². The second-order valence-corrected chi connectivity index (χ2v) is 15.9. The molecule has 0 bridgehead atoms. The summed E-state index contributed by atoms with van der Waals surface area (Å²) in [4.78, 5) is 43.6. The van der Waals surface area contributed by atoms with Gasteiger partial charge in [-0.15, -0.1) is 0 Å². The number of carbonyl (C=O) groups excluding carboxylic acids is 3. The van der Waals surface area contributed by atoms with Gasteiger partial charge in [0.25, 0.3) is 11.8 Å². The van der Waals surface area contributed by atoms with Crippen molar-refractivity contribution in [3.8, 4) is 0 Å². The Hall–Kier alpha value is -3.89. The van der Waals surface area contributed by atoms with Gasteiger partial charge < -0.3 is 19.9 Å². The fourth-order valence-corrected chi connectivity index (χ4v) is 8.61. The predicted octanol–water partition coefficient (Wildman–Crippen LogP) is 6.70. The van der Waals surface area contributed by atoms with Crippen LogP contribution in [0.15, 0.2) is 72.8 Å². The molecule has 7 unspecified atom stereocenters. The molecule has 3 aliphatic heterocycles. The molecule has 3 heterocycles. The molecule has 3 aromatic carbocycles. The minimum Gasteiger partial charge on any atom is -0.392 e. The maximum atomic E-state index is 13.8. The number of piperidine rings is 1. The number of rotatable bonds is 8. The molecule has 3 fully saturated rings. The van der Waals surface area contributed by atoms with Crippen LogP contribution >= 0.6 is 0 Å². The van der Waals surface area contributed by atoms with Crippen LogP contribution < -0.4 is 5.32 Å². The van der Waals surface area contributed by atoms with Crippen LogP contribution in [0.2, 0.25) is 0 Å². The molecular formula is C42H51N3O6. The van der Waals surface area contributed by atoms with Gasteiger partial charge in [0.15, 0.2) is 6.29 Å². The topological polar surface area (TPSA) is 108 Å². The highest BCUT2D eigenvalue weighted by molar-refractivity contribution is 6.21. The summed E-state index contributed by atoms with van der Waals surface area (Å²) in [6.07, 6.45) is 5.44. The van der Waals surface area contributed by atoms with Gasteiger partial charge >= 0.3 is 0 Å². The highest BCUT2D eigenvalue weighted by atomic mass is 16.7. The molecular weight excluding hydrogens is 642 g/mol. The van der Waals surface area contributed by atoms with Gasteiger partial charge in [-0.3, -0.25) is 24.2 Å². The smallest absolute Gasteiger partial charge is 0.261 e. The molecule has 9 heteroatoms. The summed E-state index contributed by atoms with van der Waals surface area (Å²) in [6, 6.07) is 22.7. The SMILES string of the molecule is CC1C(CN2C(C(=O)NC(C)(C)C)CCC3CCCCC32)OC(c2ccc(CN3C(=O)c4ccccc4C3=O)cc2)OC1c1ccc(CO)cc1. The summed E-state index contributed by atoms with van der Waals surface area (Å²) in [6.45, 7) is 9.04. The standard InChI is InChI=1S/C42H51N3O6/c1-26-36(24-44-34-12-8-5-9-29(34)21-22-35(44)38(47)43-42(2,3)4)50-41(51-37(26)30-17-15-28(25-46)16-18-30)31-19-13-27(14-20-31)23-45-39(48)32-10-6-7-11-33(32)40(45)49/h6-7,10-11,13-20,26,29,34-37,41,46H,5,8-9,12,21-25H2,1-4H3,(H,43,47). The van der Waals surface area contributed by atoms with Crippen molar-refractivity contribution in [2.75, 3.05) is 6.54 Å². The van der Waals surface area contributed by atoms with E-state index in [1.165, 1.54) is 24.2 Å². The zero-order valence-corrected chi connectivity index (χ0v) is 30.2.